The van der Waals surface area contributed by atoms with Gasteiger partial charge in [-0.15, -0.1) is 0 Å². The Hall–Kier alpha value is -4.13. The molecule has 188 valence electrons. The molecule has 0 saturated heterocycles. The number of carbonyl (C=O) groups is 1. The normalized spacial score (nSPS) is 16.5. The Labute approximate surface area is 214 Å². The van der Waals surface area contributed by atoms with Gasteiger partial charge in [0.1, 0.15) is 11.6 Å². The molecular weight excluding hydrogens is 472 g/mol. The number of rotatable bonds is 5. The van der Waals surface area contributed by atoms with Crippen molar-refractivity contribution in [2.24, 2.45) is 0 Å². The van der Waals surface area contributed by atoms with Crippen molar-refractivity contribution in [3.63, 3.8) is 0 Å². The quantitative estimate of drug-likeness (QED) is 0.351. The van der Waals surface area contributed by atoms with E-state index in [0.717, 1.165) is 28.8 Å². The molecule has 4 aromatic rings. The zero-order valence-corrected chi connectivity index (χ0v) is 21.1. The van der Waals surface area contributed by atoms with Gasteiger partial charge in [0, 0.05) is 37.6 Å². The predicted molar refractivity (Wildman–Crippen MR) is 139 cm³/mol. The minimum absolute atomic E-state index is 0.0377. The molecular formula is C30H27F2N3O2. The van der Waals surface area contributed by atoms with Gasteiger partial charge in [-0.05, 0) is 85.2 Å². The number of aryl methyl sites for hydroxylation is 2. The first-order valence-electron chi connectivity index (χ1n) is 12.1. The van der Waals surface area contributed by atoms with Gasteiger partial charge in [-0.2, -0.15) is 0 Å². The number of aromatic nitrogens is 2. The molecule has 7 heteroatoms. The van der Waals surface area contributed by atoms with Crippen LogP contribution in [0.5, 0.6) is 0 Å². The lowest BCUT2D eigenvalue weighted by Gasteiger charge is -2.16. The minimum atomic E-state index is -0.650. The van der Waals surface area contributed by atoms with E-state index in [-0.39, 0.29) is 34.3 Å². The molecule has 2 aromatic carbocycles. The second-order valence-electron chi connectivity index (χ2n) is 9.83. The number of nitrogens with zero attached hydrogens (tertiary/aromatic N) is 3. The molecule has 0 radical (unpaired) electrons. The zero-order chi connectivity index (χ0) is 26.4. The summed E-state index contributed by atoms with van der Waals surface area (Å²) in [6.07, 6.45) is 2.52. The fourth-order valence-corrected chi connectivity index (χ4v) is 4.93. The van der Waals surface area contributed by atoms with Crippen LogP contribution in [0.3, 0.4) is 0 Å². The van der Waals surface area contributed by atoms with E-state index in [9.17, 15) is 14.0 Å². The maximum Gasteiger partial charge on any atom is 0.256 e. The van der Waals surface area contributed by atoms with Gasteiger partial charge in [0.2, 0.25) is 0 Å². The Kier molecular flexibility index (Phi) is 6.23. The Morgan fingerprint density at radius 2 is 1.68 bits per heavy atom. The summed E-state index contributed by atoms with van der Waals surface area (Å²) in [6.45, 7) is 3.72. The van der Waals surface area contributed by atoms with Crippen LogP contribution in [0, 0.1) is 25.5 Å². The molecule has 1 saturated carbocycles. The van der Waals surface area contributed by atoms with E-state index in [0.29, 0.717) is 11.4 Å². The van der Waals surface area contributed by atoms with Gasteiger partial charge >= 0.3 is 0 Å². The number of amides is 1. The Balaban J connectivity index is 1.51. The summed E-state index contributed by atoms with van der Waals surface area (Å²) in [6, 6.07) is 16.5. The lowest BCUT2D eigenvalue weighted by atomic mass is 10.0. The maximum atomic E-state index is 15.3. The molecule has 5 nitrogen and oxygen atoms in total. The number of carbonyl (C=O) groups excluding carboxylic acids is 1. The molecule has 5 rings (SSSR count). The predicted octanol–water partition coefficient (Wildman–Crippen LogP) is 5.77. The summed E-state index contributed by atoms with van der Waals surface area (Å²) in [7, 11) is 3.14. The van der Waals surface area contributed by atoms with Crippen molar-refractivity contribution in [1.29, 1.82) is 0 Å². The molecule has 0 N–H and O–H groups in total. The fourth-order valence-electron chi connectivity index (χ4n) is 4.93. The van der Waals surface area contributed by atoms with Crippen molar-refractivity contribution in [2.75, 3.05) is 14.1 Å². The van der Waals surface area contributed by atoms with Crippen molar-refractivity contribution in [3.8, 4) is 16.9 Å². The van der Waals surface area contributed by atoms with Crippen molar-refractivity contribution in [1.82, 2.24) is 14.5 Å². The number of pyridine rings is 2. The summed E-state index contributed by atoms with van der Waals surface area (Å²) < 4.78 is 30.2. The standard InChI is InChI=1S/C30H27F2N3O2/c1-17-16-33-26(22-6-5-7-23(29(22)32)30(37)34(3)4)15-27(17)35-18(2)12-20(13-28(35)36)25-14-24(25)19-8-10-21(31)11-9-19/h5-13,15-16,24-25H,14H2,1-4H3/t24-,25-/m1/s1. The van der Waals surface area contributed by atoms with E-state index < -0.39 is 11.7 Å². The Morgan fingerprint density at radius 3 is 2.35 bits per heavy atom. The van der Waals surface area contributed by atoms with E-state index >= 15 is 4.39 Å². The molecule has 2 atom stereocenters. The molecule has 1 fully saturated rings. The highest BCUT2D eigenvalue weighted by Gasteiger charge is 2.40. The lowest BCUT2D eigenvalue weighted by Crippen LogP contribution is -2.23. The zero-order valence-electron chi connectivity index (χ0n) is 21.1. The van der Waals surface area contributed by atoms with Crippen molar-refractivity contribution in [3.05, 3.63) is 117 Å². The van der Waals surface area contributed by atoms with E-state index in [4.69, 9.17) is 0 Å². The van der Waals surface area contributed by atoms with Gasteiger partial charge in [0.15, 0.2) is 0 Å². The molecule has 1 amide bonds. The molecule has 0 spiro atoms. The molecule has 0 aliphatic heterocycles. The first-order chi connectivity index (χ1) is 17.7. The van der Waals surface area contributed by atoms with Crippen LogP contribution in [0.25, 0.3) is 16.9 Å². The first-order valence-corrected chi connectivity index (χ1v) is 12.1. The maximum absolute atomic E-state index is 15.3. The van der Waals surface area contributed by atoms with Gasteiger partial charge in [-0.3, -0.25) is 19.1 Å². The molecule has 2 heterocycles. The van der Waals surface area contributed by atoms with E-state index in [1.54, 1.807) is 61.3 Å². The second-order valence-corrected chi connectivity index (χ2v) is 9.83. The lowest BCUT2D eigenvalue weighted by molar-refractivity contribution is 0.0823. The van der Waals surface area contributed by atoms with Gasteiger partial charge in [0.25, 0.3) is 11.5 Å². The van der Waals surface area contributed by atoms with Crippen LogP contribution in [-0.2, 0) is 0 Å². The van der Waals surface area contributed by atoms with E-state index in [1.165, 1.54) is 23.1 Å². The van der Waals surface area contributed by atoms with Crippen LogP contribution in [0.1, 0.15) is 51.0 Å². The molecule has 2 aromatic heterocycles. The highest BCUT2D eigenvalue weighted by atomic mass is 19.1. The average Bonchev–Trinajstić information content (AvgIpc) is 3.66. The average molecular weight is 500 g/mol. The third-order valence-electron chi connectivity index (χ3n) is 6.98. The van der Waals surface area contributed by atoms with Crippen LogP contribution >= 0.6 is 0 Å². The summed E-state index contributed by atoms with van der Waals surface area (Å²) in [5.74, 6) is -0.865. The third kappa shape index (κ3) is 4.57. The van der Waals surface area contributed by atoms with Crippen LogP contribution in [0.15, 0.2) is 71.7 Å². The monoisotopic (exact) mass is 499 g/mol. The summed E-state index contributed by atoms with van der Waals surface area (Å²) >= 11 is 0. The fraction of sp³-hybridized carbons (Fsp3) is 0.233. The highest BCUT2D eigenvalue weighted by Crippen LogP contribution is 2.54. The van der Waals surface area contributed by atoms with Crippen LogP contribution in [-0.4, -0.2) is 34.5 Å². The van der Waals surface area contributed by atoms with Crippen molar-refractivity contribution in [2.45, 2.75) is 32.1 Å². The Bertz CT molecular complexity index is 1580. The minimum Gasteiger partial charge on any atom is -0.345 e. The van der Waals surface area contributed by atoms with Gasteiger partial charge in [0.05, 0.1) is 16.9 Å². The molecule has 1 aliphatic rings. The number of benzene rings is 2. The van der Waals surface area contributed by atoms with Crippen molar-refractivity contribution >= 4 is 5.91 Å². The molecule has 0 unspecified atom stereocenters. The second kappa shape index (κ2) is 9.39. The number of hydrogen-bond donors (Lipinski definition) is 0. The van der Waals surface area contributed by atoms with Gasteiger partial charge in [-0.25, -0.2) is 8.78 Å². The van der Waals surface area contributed by atoms with Crippen LogP contribution in [0.4, 0.5) is 8.78 Å². The Morgan fingerprint density at radius 1 is 0.973 bits per heavy atom. The third-order valence-corrected chi connectivity index (χ3v) is 6.98. The topological polar surface area (TPSA) is 55.2 Å². The molecule has 1 aliphatic carbocycles. The molecule has 37 heavy (non-hydrogen) atoms. The number of halogens is 2. The van der Waals surface area contributed by atoms with Crippen molar-refractivity contribution < 1.29 is 13.6 Å². The van der Waals surface area contributed by atoms with Crippen LogP contribution in [0.2, 0.25) is 0 Å². The first kappa shape index (κ1) is 24.6. The van der Waals surface area contributed by atoms with Gasteiger partial charge in [-0.1, -0.05) is 18.2 Å². The summed E-state index contributed by atoms with van der Waals surface area (Å²) in [5, 5.41) is 0. The molecule has 0 bridgehead atoms. The summed E-state index contributed by atoms with van der Waals surface area (Å²) in [5.41, 5.74) is 4.45. The largest absolute Gasteiger partial charge is 0.345 e. The van der Waals surface area contributed by atoms with Crippen LogP contribution < -0.4 is 5.56 Å². The number of hydrogen-bond acceptors (Lipinski definition) is 3. The summed E-state index contributed by atoms with van der Waals surface area (Å²) in [4.78, 5) is 31.5. The highest BCUT2D eigenvalue weighted by molar-refractivity contribution is 5.95. The van der Waals surface area contributed by atoms with E-state index in [2.05, 4.69) is 4.98 Å². The smallest absolute Gasteiger partial charge is 0.256 e. The SMILES string of the molecule is Cc1cnc(-c2cccc(C(=O)N(C)C)c2F)cc1-n1c(C)cc([C@H]2C[C@@H]2c2ccc(F)cc2)cc1=O. The van der Waals surface area contributed by atoms with Gasteiger partial charge < -0.3 is 4.90 Å². The van der Waals surface area contributed by atoms with E-state index in [1.807, 2.05) is 19.9 Å².